The van der Waals surface area contributed by atoms with Crippen molar-refractivity contribution in [2.45, 2.75) is 33.1 Å². The van der Waals surface area contributed by atoms with Crippen LogP contribution >= 0.6 is 15.9 Å². The molecule has 0 radical (unpaired) electrons. The molecule has 0 saturated carbocycles. The molecule has 0 spiro atoms. The number of rotatable bonds is 5. The summed E-state index contributed by atoms with van der Waals surface area (Å²) >= 11 is 3.57. The first-order valence-corrected chi connectivity index (χ1v) is 10.7. The number of nitrogen functional groups attached to an aromatic ring is 1. The molecule has 1 unspecified atom stereocenters. The smallest absolute Gasteiger partial charge is 0.257 e. The Kier molecular flexibility index (Phi) is 5.58. The van der Waals surface area contributed by atoms with Crippen LogP contribution in [0.15, 0.2) is 57.9 Å². The average molecular weight is 479 g/mol. The Morgan fingerprint density at radius 3 is 2.35 bits per heavy atom. The van der Waals surface area contributed by atoms with Crippen molar-refractivity contribution in [1.29, 1.82) is 0 Å². The molecule has 0 aliphatic carbocycles. The number of pyridine rings is 1. The third-order valence-corrected chi connectivity index (χ3v) is 6.65. The van der Waals surface area contributed by atoms with Gasteiger partial charge in [0.05, 0.1) is 11.1 Å². The van der Waals surface area contributed by atoms with Gasteiger partial charge in [0.25, 0.3) is 5.89 Å². The quantitative estimate of drug-likeness (QED) is 0.419. The molecule has 7 nitrogen and oxygen atoms in total. The van der Waals surface area contributed by atoms with Crippen LogP contribution in [0.3, 0.4) is 0 Å². The molecular weight excluding hydrogens is 456 g/mol. The van der Waals surface area contributed by atoms with E-state index < -0.39 is 5.41 Å². The maximum atomic E-state index is 5.64. The van der Waals surface area contributed by atoms with Crippen molar-refractivity contribution in [1.82, 2.24) is 25.1 Å². The number of nitrogens with two attached hydrogens (primary N) is 1. The summed E-state index contributed by atoms with van der Waals surface area (Å²) in [4.78, 5) is 17.4. The number of aryl methyl sites for hydroxylation is 1. The first-order chi connectivity index (χ1) is 14.8. The van der Waals surface area contributed by atoms with Crippen molar-refractivity contribution in [3.63, 3.8) is 0 Å². The van der Waals surface area contributed by atoms with Crippen molar-refractivity contribution < 1.29 is 4.52 Å². The van der Waals surface area contributed by atoms with E-state index in [-0.39, 0.29) is 11.9 Å². The molecule has 0 amide bonds. The van der Waals surface area contributed by atoms with Gasteiger partial charge in [0, 0.05) is 34.2 Å². The molecule has 1 atom stereocenters. The van der Waals surface area contributed by atoms with E-state index in [1.54, 1.807) is 12.4 Å². The topological polar surface area (TPSA) is 104 Å². The predicted molar refractivity (Wildman–Crippen MR) is 123 cm³/mol. The van der Waals surface area contributed by atoms with Crippen molar-refractivity contribution >= 4 is 21.9 Å². The van der Waals surface area contributed by atoms with Crippen LogP contribution in [0.1, 0.15) is 37.7 Å². The monoisotopic (exact) mass is 478 g/mol. The summed E-state index contributed by atoms with van der Waals surface area (Å²) in [5, 5.41) is 4.34. The first-order valence-electron chi connectivity index (χ1n) is 9.94. The van der Waals surface area contributed by atoms with E-state index >= 15 is 0 Å². The Bertz CT molecular complexity index is 1200. The van der Waals surface area contributed by atoms with E-state index in [2.05, 4.69) is 56.8 Å². The second kappa shape index (κ2) is 8.19. The Balaban J connectivity index is 1.70. The SMILES string of the molecule is Cc1ccc(-c2nc(C(C)(c3ccc(-c4cnc(N)nc4)nc3)C(C)C)no2)cc1Br. The summed E-state index contributed by atoms with van der Waals surface area (Å²) in [5.41, 5.74) is 9.69. The van der Waals surface area contributed by atoms with Gasteiger partial charge in [-0.2, -0.15) is 4.98 Å². The van der Waals surface area contributed by atoms with Crippen molar-refractivity contribution in [2.75, 3.05) is 5.73 Å². The third-order valence-electron chi connectivity index (χ3n) is 5.79. The highest BCUT2D eigenvalue weighted by molar-refractivity contribution is 9.10. The minimum absolute atomic E-state index is 0.204. The summed E-state index contributed by atoms with van der Waals surface area (Å²) < 4.78 is 6.64. The van der Waals surface area contributed by atoms with Crippen molar-refractivity contribution in [3.8, 4) is 22.7 Å². The largest absolute Gasteiger partial charge is 0.368 e. The number of anilines is 1. The van der Waals surface area contributed by atoms with Gasteiger partial charge in [-0.1, -0.05) is 47.1 Å². The lowest BCUT2D eigenvalue weighted by Crippen LogP contribution is -2.31. The molecule has 1 aromatic carbocycles. The molecular formula is C23H23BrN6O. The van der Waals surface area contributed by atoms with Gasteiger partial charge in [0.1, 0.15) is 0 Å². The molecule has 4 rings (SSSR count). The highest BCUT2D eigenvalue weighted by Gasteiger charge is 2.38. The second-order valence-corrected chi connectivity index (χ2v) is 8.86. The number of halogens is 1. The highest BCUT2D eigenvalue weighted by atomic mass is 79.9. The standard InChI is InChI=1S/C23H23BrN6O/c1-13(2)23(4,17-7-8-19(26-12-17)16-10-27-22(25)28-11-16)21-29-20(31-30-21)15-6-5-14(3)18(24)9-15/h5-13H,1-4H3,(H2,25,27,28). The molecule has 0 aliphatic rings. The van der Waals surface area contributed by atoms with E-state index in [1.165, 1.54) is 0 Å². The molecule has 3 heterocycles. The fourth-order valence-electron chi connectivity index (χ4n) is 3.34. The zero-order valence-electron chi connectivity index (χ0n) is 17.8. The molecule has 8 heteroatoms. The second-order valence-electron chi connectivity index (χ2n) is 8.01. The van der Waals surface area contributed by atoms with Gasteiger partial charge in [-0.05, 0) is 49.1 Å². The summed E-state index contributed by atoms with van der Waals surface area (Å²) in [7, 11) is 0. The molecule has 0 saturated heterocycles. The van der Waals surface area contributed by atoms with Crippen LogP contribution < -0.4 is 5.73 Å². The van der Waals surface area contributed by atoms with E-state index in [0.717, 1.165) is 32.4 Å². The lowest BCUT2D eigenvalue weighted by molar-refractivity contribution is 0.350. The van der Waals surface area contributed by atoms with Gasteiger partial charge in [-0.25, -0.2) is 9.97 Å². The molecule has 0 bridgehead atoms. The molecule has 158 valence electrons. The molecule has 4 aromatic rings. The Hall–Kier alpha value is -3.13. The lowest BCUT2D eigenvalue weighted by atomic mass is 9.73. The minimum Gasteiger partial charge on any atom is -0.368 e. The average Bonchev–Trinajstić information content (AvgIpc) is 3.26. The zero-order valence-corrected chi connectivity index (χ0v) is 19.4. The molecule has 0 aliphatic heterocycles. The van der Waals surface area contributed by atoms with Crippen molar-refractivity contribution in [3.05, 3.63) is 70.3 Å². The van der Waals surface area contributed by atoms with Gasteiger partial charge >= 0.3 is 0 Å². The van der Waals surface area contributed by atoms with E-state index in [4.69, 9.17) is 15.2 Å². The van der Waals surface area contributed by atoms with Gasteiger partial charge in [0.2, 0.25) is 5.95 Å². The van der Waals surface area contributed by atoms with E-state index in [1.807, 2.05) is 43.5 Å². The number of benzene rings is 1. The first kappa shape index (κ1) is 21.1. The Morgan fingerprint density at radius 1 is 1.00 bits per heavy atom. The van der Waals surface area contributed by atoms with Crippen molar-refractivity contribution in [2.24, 2.45) is 5.92 Å². The maximum Gasteiger partial charge on any atom is 0.257 e. The van der Waals surface area contributed by atoms with Crippen LogP contribution in [0.5, 0.6) is 0 Å². The van der Waals surface area contributed by atoms with Gasteiger partial charge in [-0.15, -0.1) is 0 Å². The lowest BCUT2D eigenvalue weighted by Gasteiger charge is -2.30. The summed E-state index contributed by atoms with van der Waals surface area (Å²) in [6, 6.07) is 9.98. The van der Waals surface area contributed by atoms with Crippen LogP contribution in [0, 0.1) is 12.8 Å². The van der Waals surface area contributed by atoms with Crippen LogP contribution in [0.25, 0.3) is 22.7 Å². The van der Waals surface area contributed by atoms with E-state index in [0.29, 0.717) is 11.7 Å². The number of nitrogens with zero attached hydrogens (tertiary/aromatic N) is 5. The van der Waals surface area contributed by atoms with Gasteiger partial charge < -0.3 is 10.3 Å². The number of aromatic nitrogens is 5. The van der Waals surface area contributed by atoms with Gasteiger partial charge in [0.15, 0.2) is 5.82 Å². The summed E-state index contributed by atoms with van der Waals surface area (Å²) in [6.07, 6.45) is 5.18. The fraction of sp³-hybridized carbons (Fsp3) is 0.261. The van der Waals surface area contributed by atoms with Crippen LogP contribution in [-0.2, 0) is 5.41 Å². The molecule has 0 fully saturated rings. The number of hydrogen-bond donors (Lipinski definition) is 1. The summed E-state index contributed by atoms with van der Waals surface area (Å²) in [6.45, 7) is 8.43. The molecule has 3 aromatic heterocycles. The minimum atomic E-state index is -0.479. The fourth-order valence-corrected chi connectivity index (χ4v) is 3.72. The van der Waals surface area contributed by atoms with E-state index in [9.17, 15) is 0 Å². The molecule has 2 N–H and O–H groups in total. The van der Waals surface area contributed by atoms with Crippen LogP contribution in [0.2, 0.25) is 0 Å². The maximum absolute atomic E-state index is 5.64. The van der Waals surface area contributed by atoms with Gasteiger partial charge in [-0.3, -0.25) is 4.98 Å². The Morgan fingerprint density at radius 2 is 1.74 bits per heavy atom. The Labute approximate surface area is 189 Å². The highest BCUT2D eigenvalue weighted by Crippen LogP contribution is 2.38. The van der Waals surface area contributed by atoms with Crippen LogP contribution in [0.4, 0.5) is 5.95 Å². The zero-order chi connectivity index (χ0) is 22.2. The normalized spacial score (nSPS) is 13.4. The van der Waals surface area contributed by atoms with Crippen LogP contribution in [-0.4, -0.2) is 25.1 Å². The number of hydrogen-bond acceptors (Lipinski definition) is 7. The molecule has 31 heavy (non-hydrogen) atoms. The predicted octanol–water partition coefficient (Wildman–Crippen LogP) is 5.20. The summed E-state index contributed by atoms with van der Waals surface area (Å²) in [5.74, 6) is 1.56. The third kappa shape index (κ3) is 3.95.